The summed E-state index contributed by atoms with van der Waals surface area (Å²) in [5, 5.41) is 3.33. The van der Waals surface area contributed by atoms with Crippen LogP contribution >= 0.6 is 0 Å². The lowest BCUT2D eigenvalue weighted by Crippen LogP contribution is -2.21. The highest BCUT2D eigenvalue weighted by molar-refractivity contribution is 5.60. The maximum Gasteiger partial charge on any atom is 0.146 e. The molecule has 1 heterocycles. The summed E-state index contributed by atoms with van der Waals surface area (Å²) in [6, 6.07) is 3.88. The molecule has 3 nitrogen and oxygen atoms in total. The zero-order valence-electron chi connectivity index (χ0n) is 7.66. The van der Waals surface area contributed by atoms with Crippen molar-refractivity contribution in [3.8, 4) is 0 Å². The van der Waals surface area contributed by atoms with Crippen LogP contribution < -0.4 is 11.1 Å². The Morgan fingerprint density at radius 3 is 3.00 bits per heavy atom. The zero-order chi connectivity index (χ0) is 9.10. The van der Waals surface area contributed by atoms with Crippen molar-refractivity contribution >= 4 is 11.5 Å². The second kappa shape index (κ2) is 3.64. The molecule has 0 aliphatic heterocycles. The molecule has 1 aromatic rings. The van der Waals surface area contributed by atoms with Gasteiger partial charge in [0, 0.05) is 12.7 Å². The van der Waals surface area contributed by atoms with Crippen LogP contribution in [-0.2, 0) is 0 Å². The van der Waals surface area contributed by atoms with E-state index >= 15 is 0 Å². The summed E-state index contributed by atoms with van der Waals surface area (Å²) in [6.45, 7) is 1.04. The largest absolute Gasteiger partial charge is 0.382 e. The van der Waals surface area contributed by atoms with Crippen LogP contribution in [0, 0.1) is 5.92 Å². The molecule has 0 atom stereocenters. The van der Waals surface area contributed by atoms with Crippen molar-refractivity contribution in [2.45, 2.75) is 19.3 Å². The van der Waals surface area contributed by atoms with Gasteiger partial charge < -0.3 is 11.1 Å². The number of rotatable bonds is 3. The van der Waals surface area contributed by atoms with Gasteiger partial charge in [-0.2, -0.15) is 0 Å². The van der Waals surface area contributed by atoms with Crippen molar-refractivity contribution in [1.82, 2.24) is 4.98 Å². The third-order valence-electron chi connectivity index (χ3n) is 2.64. The maximum absolute atomic E-state index is 5.69. The summed E-state index contributed by atoms with van der Waals surface area (Å²) in [5.74, 6) is 1.45. The number of nitrogens with two attached hydrogens (primary N) is 1. The van der Waals surface area contributed by atoms with Gasteiger partial charge >= 0.3 is 0 Å². The smallest absolute Gasteiger partial charge is 0.146 e. The van der Waals surface area contributed by atoms with Gasteiger partial charge in [0.1, 0.15) is 5.82 Å². The number of nitrogen functional groups attached to an aromatic ring is 1. The predicted molar refractivity (Wildman–Crippen MR) is 54.5 cm³/mol. The Kier molecular flexibility index (Phi) is 2.34. The van der Waals surface area contributed by atoms with Gasteiger partial charge in [-0.1, -0.05) is 6.42 Å². The summed E-state index contributed by atoms with van der Waals surface area (Å²) in [4.78, 5) is 4.02. The standard InChI is InChI=1S/C10H15N3/c11-10-9(5-2-6-12-10)13-7-8-3-1-4-8/h2,5-6,8,13H,1,3-4,7H2,(H2,11,12). The summed E-state index contributed by atoms with van der Waals surface area (Å²) < 4.78 is 0. The van der Waals surface area contributed by atoms with E-state index in [1.165, 1.54) is 19.3 Å². The van der Waals surface area contributed by atoms with E-state index in [0.717, 1.165) is 18.2 Å². The topological polar surface area (TPSA) is 50.9 Å². The first-order valence-electron chi connectivity index (χ1n) is 4.80. The minimum Gasteiger partial charge on any atom is -0.382 e. The quantitative estimate of drug-likeness (QED) is 0.741. The number of nitrogens with zero attached hydrogens (tertiary/aromatic N) is 1. The van der Waals surface area contributed by atoms with E-state index in [1.54, 1.807) is 6.20 Å². The summed E-state index contributed by atoms with van der Waals surface area (Å²) in [5.41, 5.74) is 6.66. The molecule has 0 unspecified atom stereocenters. The van der Waals surface area contributed by atoms with Crippen LogP contribution in [0.15, 0.2) is 18.3 Å². The Hall–Kier alpha value is -1.25. The molecule has 1 aromatic heterocycles. The molecule has 1 aliphatic carbocycles. The average Bonchev–Trinajstić information content (AvgIpc) is 2.05. The number of aromatic nitrogens is 1. The Morgan fingerprint density at radius 2 is 2.38 bits per heavy atom. The Balaban J connectivity index is 1.89. The molecule has 70 valence electrons. The van der Waals surface area contributed by atoms with E-state index in [9.17, 15) is 0 Å². The Morgan fingerprint density at radius 1 is 1.54 bits per heavy atom. The van der Waals surface area contributed by atoms with Gasteiger partial charge in [0.2, 0.25) is 0 Å². The number of pyridine rings is 1. The highest BCUT2D eigenvalue weighted by Crippen LogP contribution is 2.27. The number of nitrogens with one attached hydrogen (secondary N) is 1. The van der Waals surface area contributed by atoms with Crippen LogP contribution in [-0.4, -0.2) is 11.5 Å². The molecule has 0 radical (unpaired) electrons. The van der Waals surface area contributed by atoms with Crippen LogP contribution in [0.2, 0.25) is 0 Å². The lowest BCUT2D eigenvalue weighted by atomic mass is 9.85. The van der Waals surface area contributed by atoms with Crippen molar-refractivity contribution in [2.24, 2.45) is 5.92 Å². The lowest BCUT2D eigenvalue weighted by molar-refractivity contribution is 0.333. The van der Waals surface area contributed by atoms with Gasteiger partial charge in [0.05, 0.1) is 5.69 Å². The Labute approximate surface area is 78.4 Å². The van der Waals surface area contributed by atoms with E-state index < -0.39 is 0 Å². The monoisotopic (exact) mass is 177 g/mol. The van der Waals surface area contributed by atoms with Crippen LogP contribution in [0.5, 0.6) is 0 Å². The molecule has 3 N–H and O–H groups in total. The molecule has 0 saturated heterocycles. The molecule has 0 amide bonds. The van der Waals surface area contributed by atoms with E-state index in [1.807, 2.05) is 12.1 Å². The van der Waals surface area contributed by atoms with Crippen LogP contribution in [0.1, 0.15) is 19.3 Å². The molecule has 0 aromatic carbocycles. The molecule has 13 heavy (non-hydrogen) atoms. The van der Waals surface area contributed by atoms with E-state index in [2.05, 4.69) is 10.3 Å². The van der Waals surface area contributed by atoms with Crippen molar-refractivity contribution in [1.29, 1.82) is 0 Å². The van der Waals surface area contributed by atoms with Gasteiger partial charge in [-0.3, -0.25) is 0 Å². The number of hydrogen-bond donors (Lipinski definition) is 2. The number of hydrogen-bond acceptors (Lipinski definition) is 3. The minimum absolute atomic E-state index is 0.599. The third-order valence-corrected chi connectivity index (χ3v) is 2.64. The zero-order valence-corrected chi connectivity index (χ0v) is 7.66. The van der Waals surface area contributed by atoms with Crippen molar-refractivity contribution in [2.75, 3.05) is 17.6 Å². The summed E-state index contributed by atoms with van der Waals surface area (Å²) in [6.07, 6.45) is 5.80. The van der Waals surface area contributed by atoms with Gasteiger partial charge in [0.25, 0.3) is 0 Å². The molecular weight excluding hydrogens is 162 g/mol. The molecular formula is C10H15N3. The van der Waals surface area contributed by atoms with Gasteiger partial charge in [0.15, 0.2) is 0 Å². The molecule has 1 fully saturated rings. The van der Waals surface area contributed by atoms with E-state index in [4.69, 9.17) is 5.73 Å². The van der Waals surface area contributed by atoms with Crippen LogP contribution in [0.4, 0.5) is 11.5 Å². The molecule has 1 aliphatic rings. The molecule has 3 heteroatoms. The Bertz CT molecular complexity index is 281. The minimum atomic E-state index is 0.599. The highest BCUT2D eigenvalue weighted by Gasteiger charge is 2.16. The fourth-order valence-electron chi connectivity index (χ4n) is 1.52. The van der Waals surface area contributed by atoms with Crippen molar-refractivity contribution in [3.63, 3.8) is 0 Å². The predicted octanol–water partition coefficient (Wildman–Crippen LogP) is 1.88. The second-order valence-corrected chi connectivity index (χ2v) is 3.61. The van der Waals surface area contributed by atoms with Gasteiger partial charge in [-0.15, -0.1) is 0 Å². The molecule has 0 spiro atoms. The fourth-order valence-corrected chi connectivity index (χ4v) is 1.52. The summed E-state index contributed by atoms with van der Waals surface area (Å²) in [7, 11) is 0. The maximum atomic E-state index is 5.69. The van der Waals surface area contributed by atoms with Crippen molar-refractivity contribution in [3.05, 3.63) is 18.3 Å². The van der Waals surface area contributed by atoms with Gasteiger partial charge in [-0.25, -0.2) is 4.98 Å². The average molecular weight is 177 g/mol. The van der Waals surface area contributed by atoms with Gasteiger partial charge in [-0.05, 0) is 30.9 Å². The summed E-state index contributed by atoms with van der Waals surface area (Å²) >= 11 is 0. The second-order valence-electron chi connectivity index (χ2n) is 3.61. The highest BCUT2D eigenvalue weighted by atomic mass is 14.9. The fraction of sp³-hybridized carbons (Fsp3) is 0.500. The van der Waals surface area contributed by atoms with Crippen molar-refractivity contribution < 1.29 is 0 Å². The van der Waals surface area contributed by atoms with Crippen LogP contribution in [0.25, 0.3) is 0 Å². The van der Waals surface area contributed by atoms with E-state index in [-0.39, 0.29) is 0 Å². The molecule has 0 bridgehead atoms. The third kappa shape index (κ3) is 1.91. The first kappa shape index (κ1) is 8.35. The van der Waals surface area contributed by atoms with Crippen LogP contribution in [0.3, 0.4) is 0 Å². The lowest BCUT2D eigenvalue weighted by Gasteiger charge is -2.25. The number of anilines is 2. The molecule has 1 saturated carbocycles. The van der Waals surface area contributed by atoms with E-state index in [0.29, 0.717) is 5.82 Å². The normalized spacial score (nSPS) is 16.6. The first-order chi connectivity index (χ1) is 6.36. The molecule has 2 rings (SSSR count). The first-order valence-corrected chi connectivity index (χ1v) is 4.80. The SMILES string of the molecule is Nc1ncccc1NCC1CCC1.